The molecule has 4 nitrogen and oxygen atoms in total. The van der Waals surface area contributed by atoms with E-state index in [1.807, 2.05) is 7.05 Å². The smallest absolute Gasteiger partial charge is 0.325 e. The lowest BCUT2D eigenvalue weighted by Gasteiger charge is -1.89. The molecular weight excluding hydrogens is 152 g/mol. The molecule has 0 unspecified atom stereocenters. The molecule has 0 fully saturated rings. The van der Waals surface area contributed by atoms with Crippen LogP contribution in [0.3, 0.4) is 0 Å². The topological polar surface area (TPSA) is 61.7 Å². The lowest BCUT2D eigenvalue weighted by Crippen LogP contribution is -2.03. The average Bonchev–Trinajstić information content (AvgIpc) is 1.87. The molecule has 0 spiro atoms. The molecule has 0 aliphatic rings. The molecule has 0 aliphatic heterocycles. The van der Waals surface area contributed by atoms with Gasteiger partial charge in [-0.25, -0.2) is 0 Å². The van der Waals surface area contributed by atoms with E-state index in [9.17, 15) is 4.79 Å². The number of hydrogen-bond acceptors (Lipinski definition) is 4. The van der Waals surface area contributed by atoms with Crippen molar-refractivity contribution in [3.8, 4) is 0 Å². The summed E-state index contributed by atoms with van der Waals surface area (Å²) in [6, 6.07) is 0. The highest BCUT2D eigenvalue weighted by molar-refractivity contribution is 8.12. The third-order valence-corrected chi connectivity index (χ3v) is 1.36. The summed E-state index contributed by atoms with van der Waals surface area (Å²) in [7, 11) is 1.82. The van der Waals surface area contributed by atoms with Crippen molar-refractivity contribution in [2.45, 2.75) is 0 Å². The summed E-state index contributed by atoms with van der Waals surface area (Å²) in [5, 5.41) is 11.0. The van der Waals surface area contributed by atoms with Crippen molar-refractivity contribution in [3.05, 3.63) is 0 Å². The fourth-order valence-electron chi connectivity index (χ4n) is 0.289. The summed E-state index contributed by atoms with van der Waals surface area (Å²) >= 11 is 1.43. The minimum atomic E-state index is -0.902. The Balaban J connectivity index is 3.12. The van der Waals surface area contributed by atoms with Crippen molar-refractivity contribution in [1.29, 1.82) is 0 Å². The van der Waals surface area contributed by atoms with E-state index in [-0.39, 0.29) is 6.54 Å². The molecule has 0 aromatic heterocycles. The Hall–Kier alpha value is -0.550. The summed E-state index contributed by atoms with van der Waals surface area (Å²) in [5.74, 6) is -0.148. The van der Waals surface area contributed by atoms with Crippen LogP contribution in [0.15, 0.2) is 4.99 Å². The lowest BCUT2D eigenvalue weighted by molar-refractivity contribution is -0.135. The van der Waals surface area contributed by atoms with Crippen LogP contribution in [0.5, 0.6) is 0 Å². The Labute approximate surface area is 63.7 Å². The normalized spacial score (nSPS) is 10.5. The maximum atomic E-state index is 9.89. The van der Waals surface area contributed by atoms with Gasteiger partial charge >= 0.3 is 5.97 Å². The number of nitrogens with zero attached hydrogens (tertiary/aromatic N) is 1. The maximum absolute atomic E-state index is 9.89. The van der Waals surface area contributed by atoms with Crippen molar-refractivity contribution < 1.29 is 9.90 Å². The molecule has 0 saturated carbocycles. The van der Waals surface area contributed by atoms with Crippen molar-refractivity contribution >= 4 is 23.3 Å². The molecule has 0 saturated heterocycles. The van der Waals surface area contributed by atoms with E-state index in [1.165, 1.54) is 17.3 Å². The van der Waals surface area contributed by atoms with Gasteiger partial charge in [0.25, 0.3) is 0 Å². The van der Waals surface area contributed by atoms with Crippen LogP contribution in [0.2, 0.25) is 0 Å². The van der Waals surface area contributed by atoms with Gasteiger partial charge < -0.3 is 10.4 Å². The van der Waals surface area contributed by atoms with Gasteiger partial charge in [0.15, 0.2) is 0 Å². The van der Waals surface area contributed by atoms with Crippen LogP contribution in [0.4, 0.5) is 0 Å². The first-order valence-electron chi connectivity index (χ1n) is 2.73. The first-order valence-corrected chi connectivity index (χ1v) is 3.78. The fourth-order valence-corrected chi connectivity index (χ4v) is 0.710. The first kappa shape index (κ1) is 9.45. The summed E-state index contributed by atoms with van der Waals surface area (Å²) < 4.78 is 0. The second-order valence-electron chi connectivity index (χ2n) is 1.50. The van der Waals surface area contributed by atoms with E-state index in [4.69, 9.17) is 5.11 Å². The van der Waals surface area contributed by atoms with Gasteiger partial charge in [-0.05, 0) is 7.05 Å². The van der Waals surface area contributed by atoms with Crippen molar-refractivity contribution in [2.75, 3.05) is 19.5 Å². The van der Waals surface area contributed by atoms with Gasteiger partial charge in [0.1, 0.15) is 6.54 Å². The average molecular weight is 162 g/mol. The highest BCUT2D eigenvalue weighted by atomic mass is 32.2. The number of aliphatic carboxylic acids is 1. The summed E-state index contributed by atoms with van der Waals surface area (Å²) in [5.41, 5.74) is 1.53. The predicted molar refractivity (Wildman–Crippen MR) is 42.5 cm³/mol. The monoisotopic (exact) mass is 162 g/mol. The van der Waals surface area contributed by atoms with Gasteiger partial charge in [-0.15, -0.1) is 0 Å². The molecule has 0 bridgehead atoms. The Kier molecular flexibility index (Phi) is 6.21. The van der Waals surface area contributed by atoms with Crippen LogP contribution in [-0.2, 0) is 4.79 Å². The minimum Gasteiger partial charge on any atom is -0.480 e. The standard InChI is InChI=1S/C5H10N2O2S/c1-6-3-10-4-7-2-5(8)9/h4,6H,2-3H2,1H3,(H,8,9). The minimum absolute atomic E-state index is 0.142. The number of hydrogen-bond donors (Lipinski definition) is 2. The molecule has 2 N–H and O–H groups in total. The molecule has 5 heteroatoms. The SMILES string of the molecule is CNCSC=NCC(=O)O. The summed E-state index contributed by atoms with van der Waals surface area (Å²) in [6.07, 6.45) is 0. The number of carbonyl (C=O) groups is 1. The van der Waals surface area contributed by atoms with E-state index < -0.39 is 5.97 Å². The molecule has 58 valence electrons. The molecular formula is C5H10N2O2S. The van der Waals surface area contributed by atoms with E-state index in [2.05, 4.69) is 10.3 Å². The van der Waals surface area contributed by atoms with E-state index in [0.717, 1.165) is 5.88 Å². The Morgan fingerprint density at radius 2 is 2.60 bits per heavy atom. The van der Waals surface area contributed by atoms with E-state index in [0.29, 0.717) is 0 Å². The molecule has 0 atom stereocenters. The first-order chi connectivity index (χ1) is 4.77. The van der Waals surface area contributed by atoms with Gasteiger partial charge in [0.2, 0.25) is 0 Å². The van der Waals surface area contributed by atoms with Crippen LogP contribution < -0.4 is 5.32 Å². The van der Waals surface area contributed by atoms with Crippen molar-refractivity contribution in [2.24, 2.45) is 4.99 Å². The molecule has 0 amide bonds. The van der Waals surface area contributed by atoms with E-state index in [1.54, 1.807) is 0 Å². The van der Waals surface area contributed by atoms with Gasteiger partial charge in [-0.1, -0.05) is 11.8 Å². The molecule has 0 rings (SSSR count). The fraction of sp³-hybridized carbons (Fsp3) is 0.600. The molecule has 0 aromatic rings. The van der Waals surface area contributed by atoms with Crippen LogP contribution >= 0.6 is 11.8 Å². The number of aliphatic imine (C=N–C) groups is 1. The molecule has 0 radical (unpaired) electrons. The molecule has 0 aliphatic carbocycles. The van der Waals surface area contributed by atoms with Crippen molar-refractivity contribution in [3.63, 3.8) is 0 Å². The highest BCUT2D eigenvalue weighted by Gasteiger charge is 1.88. The molecule has 10 heavy (non-hydrogen) atoms. The number of rotatable bonds is 5. The zero-order chi connectivity index (χ0) is 7.82. The van der Waals surface area contributed by atoms with Crippen LogP contribution in [0.25, 0.3) is 0 Å². The summed E-state index contributed by atoms with van der Waals surface area (Å²) in [4.78, 5) is 13.5. The second-order valence-corrected chi connectivity index (χ2v) is 2.34. The van der Waals surface area contributed by atoms with Crippen molar-refractivity contribution in [1.82, 2.24) is 5.32 Å². The Morgan fingerprint density at radius 3 is 3.10 bits per heavy atom. The van der Waals surface area contributed by atoms with Gasteiger partial charge in [0.05, 0.1) is 5.55 Å². The Bertz CT molecular complexity index is 127. The zero-order valence-electron chi connectivity index (χ0n) is 5.70. The number of nitrogens with one attached hydrogen (secondary N) is 1. The third-order valence-electron chi connectivity index (χ3n) is 0.603. The van der Waals surface area contributed by atoms with E-state index >= 15 is 0 Å². The summed E-state index contributed by atoms with van der Waals surface area (Å²) in [6.45, 7) is -0.142. The van der Waals surface area contributed by atoms with Gasteiger partial charge in [0, 0.05) is 5.88 Å². The number of carboxylic acid groups (broad SMARTS) is 1. The zero-order valence-corrected chi connectivity index (χ0v) is 6.52. The third kappa shape index (κ3) is 7.45. The highest BCUT2D eigenvalue weighted by Crippen LogP contribution is 1.88. The molecule has 0 heterocycles. The number of thioether (sulfide) groups is 1. The quantitative estimate of drug-likeness (QED) is 0.259. The number of carboxylic acids is 1. The van der Waals surface area contributed by atoms with Gasteiger partial charge in [-0.3, -0.25) is 9.79 Å². The maximum Gasteiger partial charge on any atom is 0.325 e. The lowest BCUT2D eigenvalue weighted by atomic mass is 10.7. The Morgan fingerprint density at radius 1 is 1.90 bits per heavy atom. The van der Waals surface area contributed by atoms with Crippen LogP contribution in [0.1, 0.15) is 0 Å². The largest absolute Gasteiger partial charge is 0.480 e. The predicted octanol–water partition coefficient (Wildman–Crippen LogP) is 0.00940. The van der Waals surface area contributed by atoms with Crippen LogP contribution in [-0.4, -0.2) is 36.1 Å². The van der Waals surface area contributed by atoms with Gasteiger partial charge in [-0.2, -0.15) is 0 Å². The van der Waals surface area contributed by atoms with Crippen LogP contribution in [0, 0.1) is 0 Å². The molecule has 0 aromatic carbocycles. The second kappa shape index (κ2) is 6.57.